The largest absolute Gasteiger partial charge is 0.465 e. The Bertz CT molecular complexity index is 338. The fourth-order valence-electron chi connectivity index (χ4n) is 0.590. The molecule has 3 N–H and O–H groups in total. The van der Waals surface area contributed by atoms with Crippen molar-refractivity contribution in [3.05, 3.63) is 40.2 Å². The molecule has 6 nitrogen and oxygen atoms in total. The zero-order valence-corrected chi connectivity index (χ0v) is 6.88. The third-order valence-electron chi connectivity index (χ3n) is 1.02. The predicted molar refractivity (Wildman–Crippen MR) is 45.3 cm³/mol. The van der Waals surface area contributed by atoms with Gasteiger partial charge in [0, 0.05) is 6.07 Å². The van der Waals surface area contributed by atoms with Gasteiger partial charge in [-0.15, -0.1) is 0 Å². The summed E-state index contributed by atoms with van der Waals surface area (Å²) in [5, 5.41) is 17.2. The molecular formula is C7H7FN2O4. The van der Waals surface area contributed by atoms with Crippen molar-refractivity contribution in [2.24, 2.45) is 5.73 Å². The lowest BCUT2D eigenvalue weighted by Crippen LogP contribution is -2.03. The highest BCUT2D eigenvalue weighted by Crippen LogP contribution is 2.10. The highest BCUT2D eigenvalue weighted by atomic mass is 19.1. The Morgan fingerprint density at radius 2 is 2.07 bits per heavy atom. The minimum atomic E-state index is -1.33. The van der Waals surface area contributed by atoms with Crippen LogP contribution in [-0.4, -0.2) is 16.1 Å². The Labute approximate surface area is 77.9 Å². The van der Waals surface area contributed by atoms with Crippen molar-refractivity contribution in [2.45, 2.75) is 0 Å². The van der Waals surface area contributed by atoms with Crippen molar-refractivity contribution in [1.82, 2.24) is 0 Å². The maximum Gasteiger partial charge on any atom is 0.402 e. The van der Waals surface area contributed by atoms with E-state index in [1.165, 1.54) is 12.1 Å². The van der Waals surface area contributed by atoms with Crippen molar-refractivity contribution in [1.29, 1.82) is 0 Å². The van der Waals surface area contributed by atoms with Gasteiger partial charge in [-0.1, -0.05) is 6.07 Å². The standard InChI is InChI=1S/C6H4FNO2.CH3NO2/c7-5-2-1-3-6(4-5)8(9)10;2-1(3)4/h1-4H;2H2,(H,3,4). The number of nitro benzene ring substituents is 1. The number of nitro groups is 1. The van der Waals surface area contributed by atoms with E-state index in [9.17, 15) is 14.5 Å². The molecule has 0 aromatic heterocycles. The van der Waals surface area contributed by atoms with E-state index in [1.54, 1.807) is 0 Å². The molecule has 0 aliphatic heterocycles. The van der Waals surface area contributed by atoms with E-state index in [4.69, 9.17) is 9.90 Å². The zero-order chi connectivity index (χ0) is 11.1. The van der Waals surface area contributed by atoms with Gasteiger partial charge in [-0.25, -0.2) is 9.18 Å². The molecule has 0 spiro atoms. The van der Waals surface area contributed by atoms with Crippen LogP contribution in [0, 0.1) is 15.9 Å². The first-order valence-electron chi connectivity index (χ1n) is 3.32. The lowest BCUT2D eigenvalue weighted by molar-refractivity contribution is -0.385. The summed E-state index contributed by atoms with van der Waals surface area (Å²) in [4.78, 5) is 18.1. The first-order valence-corrected chi connectivity index (χ1v) is 3.32. The number of rotatable bonds is 1. The maximum atomic E-state index is 12.2. The molecule has 0 fully saturated rings. The van der Waals surface area contributed by atoms with Crippen molar-refractivity contribution in [3.63, 3.8) is 0 Å². The van der Waals surface area contributed by atoms with Gasteiger partial charge in [-0.2, -0.15) is 0 Å². The number of nitrogens with two attached hydrogens (primary N) is 1. The van der Waals surface area contributed by atoms with Crippen molar-refractivity contribution in [2.75, 3.05) is 0 Å². The molecule has 0 aliphatic carbocycles. The van der Waals surface area contributed by atoms with Gasteiger partial charge in [0.25, 0.3) is 5.69 Å². The summed E-state index contributed by atoms with van der Waals surface area (Å²) in [5.41, 5.74) is 3.81. The molecule has 0 unspecified atom stereocenters. The summed E-state index contributed by atoms with van der Waals surface area (Å²) in [6.07, 6.45) is -1.33. The van der Waals surface area contributed by atoms with Crippen LogP contribution in [0.25, 0.3) is 0 Å². The highest BCUT2D eigenvalue weighted by Gasteiger charge is 2.03. The fourth-order valence-corrected chi connectivity index (χ4v) is 0.590. The van der Waals surface area contributed by atoms with Crippen molar-refractivity contribution < 1.29 is 19.2 Å². The van der Waals surface area contributed by atoms with Gasteiger partial charge in [0.15, 0.2) is 0 Å². The summed E-state index contributed by atoms with van der Waals surface area (Å²) in [7, 11) is 0. The Kier molecular flexibility index (Phi) is 4.61. The number of primary amides is 1. The molecule has 0 saturated heterocycles. The minimum Gasteiger partial charge on any atom is -0.465 e. The number of benzene rings is 1. The minimum absolute atomic E-state index is 0.222. The van der Waals surface area contributed by atoms with Crippen LogP contribution in [0.15, 0.2) is 24.3 Å². The number of hydrogen-bond acceptors (Lipinski definition) is 3. The molecule has 0 bridgehead atoms. The van der Waals surface area contributed by atoms with Gasteiger partial charge in [0.05, 0.1) is 11.0 Å². The molecule has 7 heteroatoms. The summed E-state index contributed by atoms with van der Waals surface area (Å²) >= 11 is 0. The van der Waals surface area contributed by atoms with Gasteiger partial charge in [0.2, 0.25) is 0 Å². The number of halogens is 1. The molecule has 1 rings (SSSR count). The number of carbonyl (C=O) groups is 1. The Morgan fingerprint density at radius 3 is 2.36 bits per heavy atom. The number of amides is 1. The topological polar surface area (TPSA) is 106 Å². The van der Waals surface area contributed by atoms with E-state index in [2.05, 4.69) is 5.73 Å². The maximum absolute atomic E-state index is 12.2. The van der Waals surface area contributed by atoms with E-state index in [1.807, 2.05) is 0 Å². The van der Waals surface area contributed by atoms with Crippen molar-refractivity contribution in [3.8, 4) is 0 Å². The molecule has 0 atom stereocenters. The smallest absolute Gasteiger partial charge is 0.402 e. The number of hydrogen-bond donors (Lipinski definition) is 2. The van der Waals surface area contributed by atoms with E-state index in [0.717, 1.165) is 12.1 Å². The molecule has 1 aromatic rings. The van der Waals surface area contributed by atoms with Crippen LogP contribution in [0.3, 0.4) is 0 Å². The molecule has 0 saturated carbocycles. The summed E-state index contributed by atoms with van der Waals surface area (Å²) in [6, 6.07) is 4.57. The van der Waals surface area contributed by atoms with Gasteiger partial charge in [-0.3, -0.25) is 10.1 Å². The highest BCUT2D eigenvalue weighted by molar-refractivity contribution is 5.61. The number of carboxylic acid groups (broad SMARTS) is 1. The summed E-state index contributed by atoms with van der Waals surface area (Å²) in [5.74, 6) is -0.589. The molecular weight excluding hydrogens is 195 g/mol. The molecule has 76 valence electrons. The number of nitrogens with zero attached hydrogens (tertiary/aromatic N) is 1. The molecule has 0 radical (unpaired) electrons. The van der Waals surface area contributed by atoms with Crippen LogP contribution in [-0.2, 0) is 0 Å². The lowest BCUT2D eigenvalue weighted by atomic mass is 10.3. The van der Waals surface area contributed by atoms with E-state index < -0.39 is 16.8 Å². The average molecular weight is 202 g/mol. The second kappa shape index (κ2) is 5.46. The lowest BCUT2D eigenvalue weighted by Gasteiger charge is -1.88. The SMILES string of the molecule is NC(=O)O.O=[N+]([O-])c1cccc(F)c1. The average Bonchev–Trinajstić information content (AvgIpc) is 2.03. The zero-order valence-electron chi connectivity index (χ0n) is 6.88. The fraction of sp³-hybridized carbons (Fsp3) is 0. The second-order valence-corrected chi connectivity index (χ2v) is 2.08. The van der Waals surface area contributed by atoms with Gasteiger partial charge >= 0.3 is 6.09 Å². The molecule has 1 amide bonds. The van der Waals surface area contributed by atoms with E-state index in [0.29, 0.717) is 0 Å². The van der Waals surface area contributed by atoms with Gasteiger partial charge in [0.1, 0.15) is 5.82 Å². The second-order valence-electron chi connectivity index (χ2n) is 2.08. The molecule has 14 heavy (non-hydrogen) atoms. The van der Waals surface area contributed by atoms with Crippen LogP contribution in [0.4, 0.5) is 14.9 Å². The van der Waals surface area contributed by atoms with Crippen molar-refractivity contribution >= 4 is 11.8 Å². The molecule has 1 aromatic carbocycles. The van der Waals surface area contributed by atoms with Gasteiger partial charge < -0.3 is 10.8 Å². The Balaban J connectivity index is 0.000000364. The first-order chi connectivity index (χ1) is 6.43. The van der Waals surface area contributed by atoms with E-state index >= 15 is 0 Å². The monoisotopic (exact) mass is 202 g/mol. The van der Waals surface area contributed by atoms with Crippen LogP contribution in [0.5, 0.6) is 0 Å². The molecule has 0 heterocycles. The third-order valence-corrected chi connectivity index (χ3v) is 1.02. The normalized spacial score (nSPS) is 8.36. The quantitative estimate of drug-likeness (QED) is 0.529. The predicted octanol–water partition coefficient (Wildman–Crippen LogP) is 1.36. The summed E-state index contributed by atoms with van der Waals surface area (Å²) < 4.78 is 12.2. The van der Waals surface area contributed by atoms with Crippen LogP contribution < -0.4 is 5.73 Å². The van der Waals surface area contributed by atoms with Gasteiger partial charge in [-0.05, 0) is 6.07 Å². The Morgan fingerprint density at radius 1 is 1.57 bits per heavy atom. The first kappa shape index (κ1) is 11.8. The van der Waals surface area contributed by atoms with Crippen LogP contribution in [0.2, 0.25) is 0 Å². The van der Waals surface area contributed by atoms with E-state index in [-0.39, 0.29) is 5.69 Å². The number of non-ortho nitro benzene ring substituents is 1. The molecule has 0 aliphatic rings. The Hall–Kier alpha value is -2.18. The third kappa shape index (κ3) is 5.47. The van der Waals surface area contributed by atoms with Crippen LogP contribution >= 0.6 is 0 Å². The van der Waals surface area contributed by atoms with Crippen LogP contribution in [0.1, 0.15) is 0 Å². The summed E-state index contributed by atoms with van der Waals surface area (Å²) in [6.45, 7) is 0.